The quantitative estimate of drug-likeness (QED) is 0.592. The van der Waals surface area contributed by atoms with Crippen molar-refractivity contribution in [2.45, 2.75) is 13.1 Å². The Kier molecular flexibility index (Phi) is 5.09. The number of aromatic nitrogens is 1. The van der Waals surface area contributed by atoms with Gasteiger partial charge in [0.05, 0.1) is 12.2 Å². The van der Waals surface area contributed by atoms with Crippen molar-refractivity contribution < 1.29 is 9.50 Å². The summed E-state index contributed by atoms with van der Waals surface area (Å²) in [6.07, 6.45) is 1.73. The average molecular weight is 288 g/mol. The molecule has 5 nitrogen and oxygen atoms in total. The predicted molar refractivity (Wildman–Crippen MR) is 79.3 cm³/mol. The Morgan fingerprint density at radius 1 is 1.24 bits per heavy atom. The largest absolute Gasteiger partial charge is 0.505 e. The van der Waals surface area contributed by atoms with E-state index in [1.54, 1.807) is 19.3 Å². The zero-order chi connectivity index (χ0) is 15.1. The van der Waals surface area contributed by atoms with E-state index < -0.39 is 5.82 Å². The fourth-order valence-corrected chi connectivity index (χ4v) is 1.74. The van der Waals surface area contributed by atoms with Crippen molar-refractivity contribution in [3.63, 3.8) is 0 Å². The van der Waals surface area contributed by atoms with Crippen LogP contribution in [0.5, 0.6) is 5.75 Å². The minimum absolute atomic E-state index is 0.351. The highest BCUT2D eigenvalue weighted by Crippen LogP contribution is 2.15. The molecule has 0 aliphatic heterocycles. The predicted octanol–water partition coefficient (Wildman–Crippen LogP) is 1.79. The van der Waals surface area contributed by atoms with Gasteiger partial charge in [0.1, 0.15) is 0 Å². The molecule has 21 heavy (non-hydrogen) atoms. The molecule has 0 saturated heterocycles. The molecule has 0 bridgehead atoms. The lowest BCUT2D eigenvalue weighted by Crippen LogP contribution is -2.36. The molecule has 0 aliphatic rings. The summed E-state index contributed by atoms with van der Waals surface area (Å²) in [7, 11) is 1.66. The minimum Gasteiger partial charge on any atom is -0.505 e. The van der Waals surface area contributed by atoms with Crippen LogP contribution in [-0.2, 0) is 13.1 Å². The van der Waals surface area contributed by atoms with Crippen LogP contribution in [0.25, 0.3) is 0 Å². The van der Waals surface area contributed by atoms with Crippen molar-refractivity contribution in [3.05, 3.63) is 59.7 Å². The number of nitrogens with one attached hydrogen (secondary N) is 2. The smallest absolute Gasteiger partial charge is 0.191 e. The monoisotopic (exact) mass is 288 g/mol. The molecular weight excluding hydrogens is 271 g/mol. The lowest BCUT2D eigenvalue weighted by atomic mass is 10.2. The highest BCUT2D eigenvalue weighted by Gasteiger charge is 2.03. The number of hydrogen-bond acceptors (Lipinski definition) is 3. The molecule has 3 N–H and O–H groups in total. The van der Waals surface area contributed by atoms with Gasteiger partial charge in [0, 0.05) is 19.8 Å². The zero-order valence-corrected chi connectivity index (χ0v) is 11.7. The number of hydrogen-bond donors (Lipinski definition) is 3. The van der Waals surface area contributed by atoms with Crippen LogP contribution in [0.4, 0.5) is 4.39 Å². The number of pyridine rings is 1. The first-order valence-electron chi connectivity index (χ1n) is 6.51. The number of phenols is 1. The van der Waals surface area contributed by atoms with E-state index in [-0.39, 0.29) is 5.75 Å². The van der Waals surface area contributed by atoms with E-state index in [0.717, 1.165) is 5.69 Å². The van der Waals surface area contributed by atoms with E-state index in [4.69, 9.17) is 5.11 Å². The van der Waals surface area contributed by atoms with Gasteiger partial charge in [0.25, 0.3) is 0 Å². The van der Waals surface area contributed by atoms with Crippen LogP contribution in [0.3, 0.4) is 0 Å². The van der Waals surface area contributed by atoms with E-state index in [1.165, 1.54) is 12.1 Å². The van der Waals surface area contributed by atoms with Gasteiger partial charge in [0.2, 0.25) is 0 Å². The third-order valence-electron chi connectivity index (χ3n) is 2.86. The summed E-state index contributed by atoms with van der Waals surface area (Å²) < 4.78 is 13.2. The summed E-state index contributed by atoms with van der Waals surface area (Å²) in [6, 6.07) is 9.95. The Hall–Kier alpha value is -2.63. The molecule has 2 rings (SSSR count). The Labute approximate surface area is 122 Å². The van der Waals surface area contributed by atoms with Crippen molar-refractivity contribution >= 4 is 5.96 Å². The maximum Gasteiger partial charge on any atom is 0.191 e. The molecule has 2 aromatic rings. The first kappa shape index (κ1) is 14.8. The van der Waals surface area contributed by atoms with Gasteiger partial charge < -0.3 is 15.7 Å². The normalized spacial score (nSPS) is 11.2. The highest BCUT2D eigenvalue weighted by atomic mass is 19.1. The van der Waals surface area contributed by atoms with Crippen molar-refractivity contribution in [2.75, 3.05) is 7.05 Å². The van der Waals surface area contributed by atoms with Gasteiger partial charge in [-0.25, -0.2) is 4.39 Å². The lowest BCUT2D eigenvalue weighted by molar-refractivity contribution is 0.431. The summed E-state index contributed by atoms with van der Waals surface area (Å²) in [5.74, 6) is -0.392. The maximum atomic E-state index is 13.2. The van der Waals surface area contributed by atoms with E-state index in [0.29, 0.717) is 24.6 Å². The minimum atomic E-state index is -0.634. The molecule has 6 heteroatoms. The third kappa shape index (κ3) is 4.45. The summed E-state index contributed by atoms with van der Waals surface area (Å²) in [5, 5.41) is 15.3. The van der Waals surface area contributed by atoms with E-state index >= 15 is 0 Å². The van der Waals surface area contributed by atoms with E-state index in [9.17, 15) is 4.39 Å². The van der Waals surface area contributed by atoms with Crippen molar-refractivity contribution in [3.8, 4) is 5.75 Å². The van der Waals surface area contributed by atoms with Crippen LogP contribution >= 0.6 is 0 Å². The number of phenolic OH excluding ortho intramolecular Hbond substituents is 1. The number of guanidine groups is 1. The maximum absolute atomic E-state index is 13.2. The van der Waals surface area contributed by atoms with Crippen molar-refractivity contribution in [1.29, 1.82) is 0 Å². The SMILES string of the molecule is CN=C(NCc1ccc(O)c(F)c1)NCc1ccccn1. The standard InChI is InChI=1S/C15H17FN4O/c1-17-15(20-10-12-4-2-3-7-18-12)19-9-11-5-6-14(21)13(16)8-11/h2-8,21H,9-10H2,1H3,(H2,17,19,20). The molecule has 0 aliphatic carbocycles. The van der Waals surface area contributed by atoms with Gasteiger partial charge in [-0.3, -0.25) is 9.98 Å². The second kappa shape index (κ2) is 7.23. The molecule has 0 atom stereocenters. The molecule has 0 saturated carbocycles. The Balaban J connectivity index is 1.86. The Morgan fingerprint density at radius 3 is 2.71 bits per heavy atom. The first-order valence-corrected chi connectivity index (χ1v) is 6.51. The van der Waals surface area contributed by atoms with Gasteiger partial charge in [0.15, 0.2) is 17.5 Å². The molecule has 1 aromatic carbocycles. The second-order valence-electron chi connectivity index (χ2n) is 4.39. The summed E-state index contributed by atoms with van der Waals surface area (Å²) in [5.41, 5.74) is 1.61. The fraction of sp³-hybridized carbons (Fsp3) is 0.200. The molecule has 1 aromatic heterocycles. The number of aromatic hydroxyl groups is 1. The fourth-order valence-electron chi connectivity index (χ4n) is 1.74. The Bertz CT molecular complexity index is 616. The Morgan fingerprint density at radius 2 is 2.05 bits per heavy atom. The molecule has 0 fully saturated rings. The van der Waals surface area contributed by atoms with Crippen LogP contribution < -0.4 is 10.6 Å². The van der Waals surface area contributed by atoms with Gasteiger partial charge in [-0.05, 0) is 29.8 Å². The average Bonchev–Trinajstić information content (AvgIpc) is 2.52. The van der Waals surface area contributed by atoms with Crippen LogP contribution in [0.1, 0.15) is 11.3 Å². The molecule has 0 spiro atoms. The lowest BCUT2D eigenvalue weighted by Gasteiger charge is -2.11. The van der Waals surface area contributed by atoms with Gasteiger partial charge >= 0.3 is 0 Å². The van der Waals surface area contributed by atoms with Gasteiger partial charge in [-0.15, -0.1) is 0 Å². The van der Waals surface area contributed by atoms with Gasteiger partial charge in [-0.1, -0.05) is 12.1 Å². The highest BCUT2D eigenvalue weighted by molar-refractivity contribution is 5.79. The van der Waals surface area contributed by atoms with Gasteiger partial charge in [-0.2, -0.15) is 0 Å². The van der Waals surface area contributed by atoms with E-state index in [2.05, 4.69) is 20.6 Å². The number of benzene rings is 1. The summed E-state index contributed by atoms with van der Waals surface area (Å²) >= 11 is 0. The van der Waals surface area contributed by atoms with Crippen LogP contribution in [0.2, 0.25) is 0 Å². The number of aliphatic imine (C=N–C) groups is 1. The summed E-state index contributed by atoms with van der Waals surface area (Å²) in [6.45, 7) is 0.948. The molecule has 0 unspecified atom stereocenters. The van der Waals surface area contributed by atoms with Crippen LogP contribution in [0, 0.1) is 5.82 Å². The third-order valence-corrected chi connectivity index (χ3v) is 2.86. The number of rotatable bonds is 4. The topological polar surface area (TPSA) is 69.5 Å². The molecule has 0 amide bonds. The zero-order valence-electron chi connectivity index (χ0n) is 11.7. The summed E-state index contributed by atoms with van der Waals surface area (Å²) in [4.78, 5) is 8.28. The van der Waals surface area contributed by atoms with Crippen molar-refractivity contribution in [1.82, 2.24) is 15.6 Å². The molecule has 0 radical (unpaired) electrons. The molecular formula is C15H17FN4O. The first-order chi connectivity index (χ1) is 10.2. The van der Waals surface area contributed by atoms with Crippen molar-refractivity contribution in [2.24, 2.45) is 4.99 Å². The number of nitrogens with zero attached hydrogens (tertiary/aromatic N) is 2. The molecule has 1 heterocycles. The van der Waals surface area contributed by atoms with E-state index in [1.807, 2.05) is 18.2 Å². The molecule has 110 valence electrons. The van der Waals surface area contributed by atoms with Crippen LogP contribution in [-0.4, -0.2) is 23.1 Å². The number of halogens is 1. The van der Waals surface area contributed by atoms with Crippen LogP contribution in [0.15, 0.2) is 47.6 Å². The second-order valence-corrected chi connectivity index (χ2v) is 4.39.